The van der Waals surface area contributed by atoms with Gasteiger partial charge in [0.15, 0.2) is 12.2 Å². The topological polar surface area (TPSA) is 147 Å². The van der Waals surface area contributed by atoms with Gasteiger partial charge in [-0.15, -0.1) is 0 Å². The molecule has 0 saturated carbocycles. The van der Waals surface area contributed by atoms with E-state index in [1.54, 1.807) is 0 Å². The quantitative estimate of drug-likeness (QED) is 0.381. The summed E-state index contributed by atoms with van der Waals surface area (Å²) in [6.07, 6.45) is -4.53. The Morgan fingerprint density at radius 2 is 1.08 bits per heavy atom. The van der Waals surface area contributed by atoms with E-state index in [4.69, 9.17) is 20.4 Å². The zero-order valence-corrected chi connectivity index (χ0v) is 10.0. The normalized spacial score (nSPS) is 12.2. The number of carboxylic acids is 2. The molecule has 7 nitrogen and oxygen atoms in total. The molecule has 0 fully saturated rings. The van der Waals surface area contributed by atoms with Crippen LogP contribution >= 0.6 is 0 Å². The average Bonchev–Trinajstić information content (AvgIpc) is 1.84. The number of rotatable bonds is 3. The van der Waals surface area contributed by atoms with Gasteiger partial charge in [-0.1, -0.05) is 0 Å². The first-order chi connectivity index (χ1) is 4.46. The van der Waals surface area contributed by atoms with E-state index in [2.05, 4.69) is 0 Å². The number of aliphatic hydroxyl groups is 2. The Hall–Kier alpha value is 1.27. The maximum atomic E-state index is 9.77. The summed E-state index contributed by atoms with van der Waals surface area (Å²) in [5.74, 6) is -3.54. The third-order valence-corrected chi connectivity index (χ3v) is 0.805. The van der Waals surface area contributed by atoms with Crippen molar-refractivity contribution in [3.8, 4) is 0 Å². The van der Waals surface area contributed by atoms with Crippen molar-refractivity contribution < 1.29 is 35.5 Å². The van der Waals surface area contributed by atoms with Crippen LogP contribution in [0.15, 0.2) is 0 Å². The summed E-state index contributed by atoms with van der Waals surface area (Å²) in [7, 11) is 0. The summed E-state index contributed by atoms with van der Waals surface area (Å²) >= 11 is 0. The molecule has 9 heteroatoms. The molecule has 0 heterocycles. The van der Waals surface area contributed by atoms with Crippen molar-refractivity contribution in [2.75, 3.05) is 0 Å². The van der Waals surface area contributed by atoms with Crippen LogP contribution < -0.4 is 0 Å². The van der Waals surface area contributed by atoms with Crippen molar-refractivity contribution in [2.45, 2.75) is 12.2 Å². The Morgan fingerprint density at radius 1 is 0.923 bits per heavy atom. The minimum absolute atomic E-state index is 0. The van der Waals surface area contributed by atoms with E-state index in [1.165, 1.54) is 0 Å². The molecule has 0 aliphatic carbocycles. The summed E-state index contributed by atoms with van der Waals surface area (Å²) in [6, 6.07) is 0. The summed E-state index contributed by atoms with van der Waals surface area (Å²) in [5, 5.41) is 32.5. The molecule has 6 N–H and O–H groups in total. The second kappa shape index (κ2) is 11.3. The Balaban J connectivity index is -0.000000135. The summed E-state index contributed by atoms with van der Waals surface area (Å²) < 4.78 is 0. The first-order valence-corrected chi connectivity index (χ1v) is 2.28. The standard InChI is InChI=1S/C4H6O6.K.H2O.Sb.4H/c5-1(3(7)8)2(6)4(9)10;;;;;;;/h1-2,5-6H,(H,7,8)(H,9,10);;1H2;;;;;. The van der Waals surface area contributed by atoms with E-state index in [-0.39, 0.29) is 81.3 Å². The molecule has 76 valence electrons. The van der Waals surface area contributed by atoms with Crippen molar-refractivity contribution in [3.63, 3.8) is 0 Å². The van der Waals surface area contributed by atoms with Crippen molar-refractivity contribution in [3.05, 3.63) is 0 Å². The second-order valence-electron chi connectivity index (χ2n) is 1.57. The van der Waals surface area contributed by atoms with Crippen LogP contribution in [0.1, 0.15) is 0 Å². The van der Waals surface area contributed by atoms with Crippen LogP contribution in [-0.2, 0) is 9.59 Å². The molecule has 0 aromatic heterocycles. The molecule has 2 unspecified atom stereocenters. The predicted octanol–water partition coefficient (Wildman–Crippen LogP) is -4.78. The molecular weight excluding hydrogens is 321 g/mol. The maximum absolute atomic E-state index is 9.77. The Morgan fingerprint density at radius 3 is 1.15 bits per heavy atom. The van der Waals surface area contributed by atoms with Gasteiger partial charge >= 0.3 is 87.8 Å². The van der Waals surface area contributed by atoms with Gasteiger partial charge in [0.25, 0.3) is 0 Å². The zero-order valence-electron chi connectivity index (χ0n) is 5.97. The van der Waals surface area contributed by atoms with Gasteiger partial charge in [-0.3, -0.25) is 0 Å². The van der Waals surface area contributed by atoms with Crippen molar-refractivity contribution in [1.29, 1.82) is 0 Å². The van der Waals surface area contributed by atoms with Crippen molar-refractivity contribution in [2.24, 2.45) is 0 Å². The van der Waals surface area contributed by atoms with Crippen LogP contribution in [0, 0.1) is 0 Å². The van der Waals surface area contributed by atoms with Crippen molar-refractivity contribution >= 4 is 87.8 Å². The molecule has 2 atom stereocenters. The molecule has 13 heavy (non-hydrogen) atoms. The second-order valence-corrected chi connectivity index (χ2v) is 1.57. The Labute approximate surface area is 133 Å². The molecule has 0 radical (unpaired) electrons. The minimum atomic E-state index is -2.27. The van der Waals surface area contributed by atoms with Crippen molar-refractivity contribution in [1.82, 2.24) is 0 Å². The number of aliphatic hydroxyl groups excluding tert-OH is 2. The van der Waals surface area contributed by atoms with E-state index in [1.807, 2.05) is 0 Å². The zero-order chi connectivity index (χ0) is 8.31. The van der Waals surface area contributed by atoms with E-state index in [0.717, 1.165) is 0 Å². The molecule has 0 bridgehead atoms. The van der Waals surface area contributed by atoms with E-state index < -0.39 is 24.1 Å². The van der Waals surface area contributed by atoms with Gasteiger partial charge in [-0.05, 0) is 0 Å². The van der Waals surface area contributed by atoms with Crippen LogP contribution in [0.2, 0.25) is 0 Å². The summed E-state index contributed by atoms with van der Waals surface area (Å²) in [5.41, 5.74) is 0. The van der Waals surface area contributed by atoms with E-state index in [9.17, 15) is 9.59 Å². The molecule has 0 aliphatic heterocycles. The van der Waals surface area contributed by atoms with Crippen LogP contribution in [-0.4, -0.2) is 126 Å². The molecule has 0 spiro atoms. The SMILES string of the molecule is O.O=C(O)C(O)C(O)C(=O)O.[KH].[SbH3]. The predicted molar refractivity (Wildman–Crippen MR) is 48.0 cm³/mol. The van der Waals surface area contributed by atoms with Gasteiger partial charge in [-0.25, -0.2) is 9.59 Å². The van der Waals surface area contributed by atoms with Gasteiger partial charge in [-0.2, -0.15) is 0 Å². The first kappa shape index (κ1) is 23.8. The molecule has 0 aromatic rings. The third kappa shape index (κ3) is 9.58. The Bertz CT molecular complexity index is 145. The van der Waals surface area contributed by atoms with Crippen LogP contribution in [0.3, 0.4) is 0 Å². The van der Waals surface area contributed by atoms with Gasteiger partial charge < -0.3 is 25.9 Å². The van der Waals surface area contributed by atoms with E-state index in [0.29, 0.717) is 0 Å². The van der Waals surface area contributed by atoms with Gasteiger partial charge in [0.05, 0.1) is 0 Å². The number of hydrogen-bond donors (Lipinski definition) is 4. The van der Waals surface area contributed by atoms with Crippen LogP contribution in [0.5, 0.6) is 0 Å². The van der Waals surface area contributed by atoms with Gasteiger partial charge in [0, 0.05) is 0 Å². The number of carbonyl (C=O) groups is 2. The van der Waals surface area contributed by atoms with Crippen LogP contribution in [0.25, 0.3) is 0 Å². The fourth-order valence-electron chi connectivity index (χ4n) is 0.270. The van der Waals surface area contributed by atoms with Gasteiger partial charge in [0.2, 0.25) is 0 Å². The Kier molecular flexibility index (Phi) is 20.8. The average molecular weight is 333 g/mol. The fourth-order valence-corrected chi connectivity index (χ4v) is 0.270. The number of carboxylic acid groups (broad SMARTS) is 2. The summed E-state index contributed by atoms with van der Waals surface area (Å²) in [4.78, 5) is 19.5. The first-order valence-electron chi connectivity index (χ1n) is 2.28. The number of aliphatic carboxylic acids is 2. The third-order valence-electron chi connectivity index (χ3n) is 0.805. The monoisotopic (exact) mass is 332 g/mol. The summed E-state index contributed by atoms with van der Waals surface area (Å²) in [6.45, 7) is 0. The van der Waals surface area contributed by atoms with Gasteiger partial charge in [0.1, 0.15) is 0 Å². The molecule has 0 aromatic carbocycles. The molecule has 0 aliphatic rings. The molecule has 0 rings (SSSR count). The molecule has 0 saturated heterocycles. The molecular formula is C4H12KO7Sb. The number of hydrogen-bond acceptors (Lipinski definition) is 4. The van der Waals surface area contributed by atoms with Crippen LogP contribution in [0.4, 0.5) is 0 Å². The fraction of sp³-hybridized carbons (Fsp3) is 0.500. The molecule has 0 amide bonds. The van der Waals surface area contributed by atoms with E-state index >= 15 is 0 Å².